The molecular formula is C9H12BN2O2. The molecule has 0 atom stereocenters. The van der Waals surface area contributed by atoms with E-state index in [0.717, 1.165) is 45.1 Å². The topological polar surface area (TPSA) is 45.6 Å². The molecule has 1 aromatic rings. The summed E-state index contributed by atoms with van der Waals surface area (Å²) in [5.41, 5.74) is 0.779. The van der Waals surface area contributed by atoms with E-state index in [-0.39, 0.29) is 0 Å². The molecule has 1 saturated heterocycles. The van der Waals surface area contributed by atoms with Crippen molar-refractivity contribution in [1.29, 1.82) is 0 Å². The molecule has 1 aliphatic heterocycles. The normalized spacial score (nSPS) is 16.8. The predicted molar refractivity (Wildman–Crippen MR) is 54.9 cm³/mol. The number of morpholine rings is 1. The highest BCUT2D eigenvalue weighted by atomic mass is 16.5. The van der Waals surface area contributed by atoms with E-state index in [2.05, 4.69) is 9.88 Å². The molecule has 1 aromatic heterocycles. The maximum Gasteiger partial charge on any atom is 0.326 e. The van der Waals surface area contributed by atoms with E-state index in [0.29, 0.717) is 0 Å². The Labute approximate surface area is 83.8 Å². The molecule has 1 radical (unpaired) electrons. The van der Waals surface area contributed by atoms with Gasteiger partial charge in [-0.3, -0.25) is 0 Å². The molecule has 2 heterocycles. The lowest BCUT2D eigenvalue weighted by Crippen LogP contribution is -2.37. The van der Waals surface area contributed by atoms with Gasteiger partial charge in [-0.2, -0.15) is 0 Å². The van der Waals surface area contributed by atoms with E-state index in [9.17, 15) is 0 Å². The highest BCUT2D eigenvalue weighted by Gasteiger charge is 2.12. The van der Waals surface area contributed by atoms with Crippen LogP contribution in [0.5, 0.6) is 0 Å². The quantitative estimate of drug-likeness (QED) is 0.618. The molecule has 0 saturated carbocycles. The van der Waals surface area contributed by atoms with Crippen LogP contribution in [0.15, 0.2) is 18.3 Å². The smallest absolute Gasteiger partial charge is 0.326 e. The third-order valence-electron chi connectivity index (χ3n) is 2.25. The van der Waals surface area contributed by atoms with Gasteiger partial charge in [-0.15, -0.1) is 0 Å². The zero-order valence-electron chi connectivity index (χ0n) is 7.89. The van der Waals surface area contributed by atoms with E-state index in [1.165, 1.54) is 0 Å². The predicted octanol–water partition coefficient (Wildman–Crippen LogP) is -0.845. The van der Waals surface area contributed by atoms with Crippen molar-refractivity contribution in [2.75, 3.05) is 31.2 Å². The molecule has 4 nitrogen and oxygen atoms in total. The maximum absolute atomic E-state index is 8.86. The van der Waals surface area contributed by atoms with Gasteiger partial charge in [0.15, 0.2) is 0 Å². The minimum absolute atomic E-state index is 0.745. The van der Waals surface area contributed by atoms with Crippen molar-refractivity contribution in [3.05, 3.63) is 18.3 Å². The minimum atomic E-state index is 0.745. The number of anilines is 1. The number of rotatable bonds is 2. The zero-order chi connectivity index (χ0) is 9.80. The number of aromatic nitrogens is 1. The number of hydrogen-bond acceptors (Lipinski definition) is 4. The molecule has 2 rings (SSSR count). The van der Waals surface area contributed by atoms with Crippen molar-refractivity contribution >= 4 is 18.8 Å². The van der Waals surface area contributed by atoms with Crippen LogP contribution < -0.4 is 10.4 Å². The second-order valence-corrected chi connectivity index (χ2v) is 3.18. The lowest BCUT2D eigenvalue weighted by Gasteiger charge is -2.27. The maximum atomic E-state index is 8.86. The lowest BCUT2D eigenvalue weighted by molar-refractivity contribution is 0.122. The molecule has 0 aromatic carbocycles. The SMILES string of the molecule is O[B]c1ccnc(N2CCOCC2)c1. The monoisotopic (exact) mass is 191 g/mol. The Morgan fingerprint density at radius 1 is 1.43 bits per heavy atom. The van der Waals surface area contributed by atoms with Gasteiger partial charge in [0, 0.05) is 19.3 Å². The Bertz CT molecular complexity index is 303. The van der Waals surface area contributed by atoms with Crippen LogP contribution in [0.2, 0.25) is 0 Å². The van der Waals surface area contributed by atoms with E-state index in [1.807, 2.05) is 6.07 Å². The van der Waals surface area contributed by atoms with Crippen molar-refractivity contribution in [2.24, 2.45) is 0 Å². The molecule has 73 valence electrons. The molecule has 1 N–H and O–H groups in total. The number of ether oxygens (including phenoxy) is 1. The summed E-state index contributed by atoms with van der Waals surface area (Å²) in [7, 11) is 1.09. The van der Waals surface area contributed by atoms with Crippen LogP contribution >= 0.6 is 0 Å². The molecule has 14 heavy (non-hydrogen) atoms. The average Bonchev–Trinajstić information content (AvgIpc) is 2.30. The van der Waals surface area contributed by atoms with Gasteiger partial charge in [0.1, 0.15) is 5.82 Å². The first-order valence-electron chi connectivity index (χ1n) is 4.66. The Morgan fingerprint density at radius 2 is 2.21 bits per heavy atom. The largest absolute Gasteiger partial charge is 0.450 e. The van der Waals surface area contributed by atoms with Crippen molar-refractivity contribution in [3.8, 4) is 0 Å². The Kier molecular flexibility index (Phi) is 3.01. The second kappa shape index (κ2) is 4.44. The van der Waals surface area contributed by atoms with E-state index in [1.54, 1.807) is 12.3 Å². The van der Waals surface area contributed by atoms with Crippen LogP contribution in [0.4, 0.5) is 5.82 Å². The van der Waals surface area contributed by atoms with E-state index >= 15 is 0 Å². The number of nitrogens with zero attached hydrogens (tertiary/aromatic N) is 2. The van der Waals surface area contributed by atoms with Crippen LogP contribution in [-0.4, -0.2) is 43.8 Å². The van der Waals surface area contributed by atoms with Crippen molar-refractivity contribution in [2.45, 2.75) is 0 Å². The first-order chi connectivity index (χ1) is 6.90. The van der Waals surface area contributed by atoms with Gasteiger partial charge in [0.25, 0.3) is 0 Å². The van der Waals surface area contributed by atoms with Crippen LogP contribution in [0, 0.1) is 0 Å². The lowest BCUT2D eigenvalue weighted by atomic mass is 9.90. The Morgan fingerprint density at radius 3 is 2.93 bits per heavy atom. The first kappa shape index (κ1) is 9.49. The van der Waals surface area contributed by atoms with Gasteiger partial charge in [-0.25, -0.2) is 4.98 Å². The standard InChI is InChI=1S/C9H12BN2O2/c13-10-8-1-2-11-9(7-8)12-3-5-14-6-4-12/h1-2,7,13H,3-6H2. The Balaban J connectivity index is 2.13. The second-order valence-electron chi connectivity index (χ2n) is 3.18. The van der Waals surface area contributed by atoms with Gasteiger partial charge in [-0.1, -0.05) is 0 Å². The van der Waals surface area contributed by atoms with Gasteiger partial charge in [0.05, 0.1) is 13.2 Å². The summed E-state index contributed by atoms with van der Waals surface area (Å²) < 4.78 is 5.25. The third-order valence-corrected chi connectivity index (χ3v) is 2.25. The molecule has 0 aliphatic carbocycles. The van der Waals surface area contributed by atoms with Crippen molar-refractivity contribution < 1.29 is 9.76 Å². The van der Waals surface area contributed by atoms with E-state index < -0.39 is 0 Å². The summed E-state index contributed by atoms with van der Waals surface area (Å²) in [5, 5.41) is 8.86. The molecule has 0 bridgehead atoms. The van der Waals surface area contributed by atoms with Crippen molar-refractivity contribution in [3.63, 3.8) is 0 Å². The van der Waals surface area contributed by atoms with Gasteiger partial charge in [0.2, 0.25) is 0 Å². The summed E-state index contributed by atoms with van der Waals surface area (Å²) in [6.07, 6.45) is 1.70. The zero-order valence-corrected chi connectivity index (χ0v) is 7.89. The summed E-state index contributed by atoms with van der Waals surface area (Å²) in [6.45, 7) is 3.22. The summed E-state index contributed by atoms with van der Waals surface area (Å²) >= 11 is 0. The molecule has 0 spiro atoms. The van der Waals surface area contributed by atoms with Gasteiger partial charge in [-0.05, 0) is 17.6 Å². The van der Waals surface area contributed by atoms with Crippen LogP contribution in [-0.2, 0) is 4.74 Å². The Hall–Kier alpha value is -1.07. The molecule has 1 fully saturated rings. The molecule has 5 heteroatoms. The van der Waals surface area contributed by atoms with Crippen molar-refractivity contribution in [1.82, 2.24) is 4.98 Å². The fourth-order valence-corrected chi connectivity index (χ4v) is 1.48. The average molecular weight is 191 g/mol. The first-order valence-corrected chi connectivity index (χ1v) is 4.66. The molecular weight excluding hydrogens is 179 g/mol. The summed E-state index contributed by atoms with van der Waals surface area (Å²) in [4.78, 5) is 6.40. The highest BCUT2D eigenvalue weighted by molar-refractivity contribution is 6.45. The fraction of sp³-hybridized carbons (Fsp3) is 0.444. The number of hydrogen-bond donors (Lipinski definition) is 1. The number of pyridine rings is 1. The third kappa shape index (κ3) is 2.05. The van der Waals surface area contributed by atoms with Gasteiger partial charge >= 0.3 is 7.48 Å². The summed E-state index contributed by atoms with van der Waals surface area (Å²) in [5.74, 6) is 0.899. The highest BCUT2D eigenvalue weighted by Crippen LogP contribution is 2.09. The van der Waals surface area contributed by atoms with Crippen LogP contribution in [0.3, 0.4) is 0 Å². The van der Waals surface area contributed by atoms with Crippen LogP contribution in [0.25, 0.3) is 0 Å². The summed E-state index contributed by atoms with van der Waals surface area (Å²) in [6, 6.07) is 3.63. The molecule has 0 unspecified atom stereocenters. The van der Waals surface area contributed by atoms with Gasteiger partial charge < -0.3 is 14.7 Å². The fourth-order valence-electron chi connectivity index (χ4n) is 1.48. The minimum Gasteiger partial charge on any atom is -0.450 e. The molecule has 0 amide bonds. The van der Waals surface area contributed by atoms with E-state index in [4.69, 9.17) is 9.76 Å². The molecule has 1 aliphatic rings. The van der Waals surface area contributed by atoms with Crippen LogP contribution in [0.1, 0.15) is 0 Å².